The van der Waals surface area contributed by atoms with E-state index in [1.54, 1.807) is 0 Å². The Morgan fingerprint density at radius 3 is 2.00 bits per heavy atom. The van der Waals surface area contributed by atoms with Gasteiger partial charge in [-0.05, 0) is 25.2 Å². The average Bonchev–Trinajstić information content (AvgIpc) is 2.22. The number of rotatable bonds is 8. The highest BCUT2D eigenvalue weighted by molar-refractivity contribution is 8.02. The maximum absolute atomic E-state index is 11.7. The van der Waals surface area contributed by atoms with Crippen LogP contribution >= 0.6 is 11.8 Å². The summed E-state index contributed by atoms with van der Waals surface area (Å²) in [6.45, 7) is 7.89. The number of carbonyl (C=O) groups excluding carboxylic acids is 2. The van der Waals surface area contributed by atoms with E-state index < -0.39 is 4.75 Å². The summed E-state index contributed by atoms with van der Waals surface area (Å²) in [7, 11) is 0. The number of hydrogen-bond acceptors (Lipinski definition) is 3. The highest BCUT2D eigenvalue weighted by atomic mass is 32.2. The van der Waals surface area contributed by atoms with Crippen molar-refractivity contribution >= 4 is 23.6 Å². The van der Waals surface area contributed by atoms with Gasteiger partial charge in [0.2, 0.25) is 11.8 Å². The standard InChI is InChI=1S/C12H24N2O2S/c1-5-9(10(13)15)17-12(6-2,11(14)16)7-8(3)4/h8-9H,5-7H2,1-4H3,(H2,13,15)(H2,14,16). The Kier molecular flexibility index (Phi) is 6.60. The summed E-state index contributed by atoms with van der Waals surface area (Å²) in [4.78, 5) is 23.0. The zero-order chi connectivity index (χ0) is 13.6. The van der Waals surface area contributed by atoms with E-state index in [0.717, 1.165) is 0 Å². The smallest absolute Gasteiger partial charge is 0.233 e. The first-order chi connectivity index (χ1) is 7.79. The van der Waals surface area contributed by atoms with Crippen LogP contribution in [0.4, 0.5) is 0 Å². The predicted molar refractivity (Wildman–Crippen MR) is 72.5 cm³/mol. The minimum Gasteiger partial charge on any atom is -0.369 e. The van der Waals surface area contributed by atoms with E-state index in [0.29, 0.717) is 25.2 Å². The van der Waals surface area contributed by atoms with Gasteiger partial charge >= 0.3 is 0 Å². The first kappa shape index (κ1) is 16.3. The molecule has 4 nitrogen and oxygen atoms in total. The third kappa shape index (κ3) is 4.58. The van der Waals surface area contributed by atoms with Crippen LogP contribution in [0, 0.1) is 5.92 Å². The second-order valence-electron chi connectivity index (χ2n) is 4.73. The maximum atomic E-state index is 11.7. The minimum absolute atomic E-state index is 0.346. The highest BCUT2D eigenvalue weighted by Gasteiger charge is 2.39. The van der Waals surface area contributed by atoms with E-state index >= 15 is 0 Å². The molecule has 0 rings (SSSR count). The molecule has 17 heavy (non-hydrogen) atoms. The van der Waals surface area contributed by atoms with Crippen LogP contribution in [0.15, 0.2) is 0 Å². The average molecular weight is 260 g/mol. The Labute approximate surface area is 108 Å². The van der Waals surface area contributed by atoms with Crippen molar-refractivity contribution in [3.63, 3.8) is 0 Å². The van der Waals surface area contributed by atoms with Gasteiger partial charge in [-0.1, -0.05) is 27.7 Å². The van der Waals surface area contributed by atoms with Gasteiger partial charge in [-0.3, -0.25) is 9.59 Å². The van der Waals surface area contributed by atoms with E-state index in [-0.39, 0.29) is 17.1 Å². The van der Waals surface area contributed by atoms with Gasteiger partial charge in [0.15, 0.2) is 0 Å². The molecule has 100 valence electrons. The number of amides is 2. The van der Waals surface area contributed by atoms with Crippen LogP contribution in [-0.4, -0.2) is 21.8 Å². The Bertz CT molecular complexity index is 282. The molecule has 0 aromatic heterocycles. The molecule has 0 fully saturated rings. The molecular formula is C12H24N2O2S. The van der Waals surface area contributed by atoms with Crippen LogP contribution in [0.1, 0.15) is 47.0 Å². The van der Waals surface area contributed by atoms with Gasteiger partial charge in [-0.2, -0.15) is 0 Å². The van der Waals surface area contributed by atoms with Crippen LogP contribution in [0.3, 0.4) is 0 Å². The zero-order valence-corrected chi connectivity index (χ0v) is 12.0. The molecule has 0 spiro atoms. The summed E-state index contributed by atoms with van der Waals surface area (Å²) in [5.74, 6) is -0.376. The number of thioether (sulfide) groups is 1. The Balaban J connectivity index is 5.03. The summed E-state index contributed by atoms with van der Waals surface area (Å²) in [5, 5.41) is -0.346. The molecule has 0 heterocycles. The van der Waals surface area contributed by atoms with Crippen LogP contribution in [0.2, 0.25) is 0 Å². The molecule has 0 aromatic rings. The topological polar surface area (TPSA) is 86.2 Å². The second-order valence-corrected chi connectivity index (χ2v) is 6.31. The van der Waals surface area contributed by atoms with E-state index in [1.165, 1.54) is 11.8 Å². The molecule has 2 amide bonds. The van der Waals surface area contributed by atoms with E-state index in [2.05, 4.69) is 0 Å². The Morgan fingerprint density at radius 1 is 1.24 bits per heavy atom. The third-order valence-electron chi connectivity index (χ3n) is 2.81. The first-order valence-electron chi connectivity index (χ1n) is 6.06. The minimum atomic E-state index is -0.677. The summed E-state index contributed by atoms with van der Waals surface area (Å²) >= 11 is 1.33. The predicted octanol–water partition coefficient (Wildman–Crippen LogP) is 1.66. The quantitative estimate of drug-likeness (QED) is 0.696. The van der Waals surface area contributed by atoms with Gasteiger partial charge in [0.1, 0.15) is 0 Å². The molecule has 0 aromatic carbocycles. The van der Waals surface area contributed by atoms with Gasteiger partial charge < -0.3 is 11.5 Å². The fourth-order valence-corrected chi connectivity index (χ4v) is 3.42. The monoisotopic (exact) mass is 260 g/mol. The van der Waals surface area contributed by atoms with Crippen molar-refractivity contribution in [3.05, 3.63) is 0 Å². The summed E-state index contributed by atoms with van der Waals surface area (Å²) in [6, 6.07) is 0. The molecule has 5 heteroatoms. The molecule has 0 saturated heterocycles. The molecule has 0 bridgehead atoms. The lowest BCUT2D eigenvalue weighted by Crippen LogP contribution is -2.44. The van der Waals surface area contributed by atoms with Crippen LogP contribution < -0.4 is 11.5 Å². The molecule has 2 unspecified atom stereocenters. The third-order valence-corrected chi connectivity index (χ3v) is 4.77. The van der Waals surface area contributed by atoms with Crippen LogP contribution in [0.5, 0.6) is 0 Å². The van der Waals surface area contributed by atoms with Crippen LogP contribution in [-0.2, 0) is 9.59 Å². The summed E-state index contributed by atoms with van der Waals surface area (Å²) < 4.78 is -0.677. The molecule has 4 N–H and O–H groups in total. The van der Waals surface area contributed by atoms with Crippen molar-refractivity contribution in [1.82, 2.24) is 0 Å². The molecule has 0 aliphatic rings. The molecule has 2 atom stereocenters. The second kappa shape index (κ2) is 6.89. The Morgan fingerprint density at radius 2 is 1.76 bits per heavy atom. The van der Waals surface area contributed by atoms with E-state index in [1.807, 2.05) is 27.7 Å². The molecular weight excluding hydrogens is 236 g/mol. The lowest BCUT2D eigenvalue weighted by atomic mass is 9.93. The van der Waals surface area contributed by atoms with Crippen LogP contribution in [0.25, 0.3) is 0 Å². The van der Waals surface area contributed by atoms with Gasteiger partial charge in [0, 0.05) is 0 Å². The maximum Gasteiger partial charge on any atom is 0.233 e. The lowest BCUT2D eigenvalue weighted by molar-refractivity contribution is -0.120. The number of nitrogens with two attached hydrogens (primary N) is 2. The fraction of sp³-hybridized carbons (Fsp3) is 0.833. The van der Waals surface area contributed by atoms with Gasteiger partial charge in [0.05, 0.1) is 10.00 Å². The summed E-state index contributed by atoms with van der Waals surface area (Å²) in [6.07, 6.45) is 1.91. The molecule has 0 aliphatic heterocycles. The number of primary amides is 2. The molecule has 0 radical (unpaired) electrons. The number of carbonyl (C=O) groups is 2. The largest absolute Gasteiger partial charge is 0.369 e. The van der Waals surface area contributed by atoms with E-state index in [9.17, 15) is 9.59 Å². The van der Waals surface area contributed by atoms with E-state index in [4.69, 9.17) is 11.5 Å². The van der Waals surface area contributed by atoms with Gasteiger partial charge in [-0.25, -0.2) is 0 Å². The first-order valence-corrected chi connectivity index (χ1v) is 6.94. The van der Waals surface area contributed by atoms with Crippen molar-refractivity contribution < 1.29 is 9.59 Å². The van der Waals surface area contributed by atoms with Crippen molar-refractivity contribution in [2.75, 3.05) is 0 Å². The van der Waals surface area contributed by atoms with Crippen molar-refractivity contribution in [3.8, 4) is 0 Å². The normalized spacial score (nSPS) is 16.5. The SMILES string of the molecule is CCC(SC(CC)(CC(C)C)C(N)=O)C(N)=O. The molecule has 0 aliphatic carbocycles. The molecule has 0 saturated carbocycles. The lowest BCUT2D eigenvalue weighted by Gasteiger charge is -2.33. The summed E-state index contributed by atoms with van der Waals surface area (Å²) in [5.41, 5.74) is 10.8. The van der Waals surface area contributed by atoms with Gasteiger partial charge in [0.25, 0.3) is 0 Å². The zero-order valence-electron chi connectivity index (χ0n) is 11.2. The van der Waals surface area contributed by atoms with Crippen molar-refractivity contribution in [2.45, 2.75) is 57.0 Å². The van der Waals surface area contributed by atoms with Crippen molar-refractivity contribution in [1.29, 1.82) is 0 Å². The highest BCUT2D eigenvalue weighted by Crippen LogP contribution is 2.39. The fourth-order valence-electron chi connectivity index (χ4n) is 1.88. The number of hydrogen-bond donors (Lipinski definition) is 2. The van der Waals surface area contributed by atoms with Crippen molar-refractivity contribution in [2.24, 2.45) is 17.4 Å². The van der Waals surface area contributed by atoms with Gasteiger partial charge in [-0.15, -0.1) is 11.8 Å². The Hall–Kier alpha value is -0.710.